The summed E-state index contributed by atoms with van der Waals surface area (Å²) in [5.41, 5.74) is -0.0990. The Kier molecular flexibility index (Phi) is 5.83. The fraction of sp³-hybridized carbons (Fsp3) is 0.611. The number of halogens is 1. The number of β-amino-alcohol motifs (C(OH)–C–C–N with tert-alkyl or cyclic N) is 1. The number of amides is 1. The van der Waals surface area contributed by atoms with E-state index in [-0.39, 0.29) is 16.9 Å². The van der Waals surface area contributed by atoms with Gasteiger partial charge in [0.25, 0.3) is 5.91 Å². The molecule has 1 aromatic rings. The van der Waals surface area contributed by atoms with Crippen LogP contribution in [-0.4, -0.2) is 66.8 Å². The number of carbonyl (C=O) groups excluding carboxylic acids is 1. The first-order valence-corrected chi connectivity index (χ1v) is 8.25. The molecule has 1 saturated heterocycles. The molecule has 1 aliphatic heterocycles. The molecular formula is C18H27FN2O3. The van der Waals surface area contributed by atoms with Crippen molar-refractivity contribution in [1.82, 2.24) is 9.80 Å². The molecule has 0 saturated carbocycles. The zero-order valence-electron chi connectivity index (χ0n) is 14.9. The first kappa shape index (κ1) is 18.7. The molecule has 1 heterocycles. The second-order valence-corrected chi connectivity index (χ2v) is 7.32. The van der Waals surface area contributed by atoms with Crippen molar-refractivity contribution in [2.75, 3.05) is 39.8 Å². The van der Waals surface area contributed by atoms with Crippen LogP contribution in [0.5, 0.6) is 5.75 Å². The van der Waals surface area contributed by atoms with Crippen molar-refractivity contribution < 1.29 is 19.0 Å². The highest BCUT2D eigenvalue weighted by molar-refractivity contribution is 5.94. The molecule has 1 fully saturated rings. The van der Waals surface area contributed by atoms with Crippen molar-refractivity contribution in [3.05, 3.63) is 29.6 Å². The topological polar surface area (TPSA) is 53.0 Å². The summed E-state index contributed by atoms with van der Waals surface area (Å²) < 4.78 is 19.0. The normalized spacial score (nSPS) is 17.7. The molecule has 1 N–H and O–H groups in total. The van der Waals surface area contributed by atoms with Crippen LogP contribution in [0, 0.1) is 11.2 Å². The zero-order chi connectivity index (χ0) is 17.9. The summed E-state index contributed by atoms with van der Waals surface area (Å²) >= 11 is 0. The van der Waals surface area contributed by atoms with E-state index < -0.39 is 11.9 Å². The summed E-state index contributed by atoms with van der Waals surface area (Å²) in [5, 5.41) is 10.2. The lowest BCUT2D eigenvalue weighted by Gasteiger charge is -2.38. The molecule has 0 aromatic heterocycles. The van der Waals surface area contributed by atoms with E-state index in [0.717, 1.165) is 0 Å². The Bertz CT molecular complexity index is 578. The maximum Gasteiger partial charge on any atom is 0.256 e. The van der Waals surface area contributed by atoms with Crippen LogP contribution < -0.4 is 4.74 Å². The first-order valence-electron chi connectivity index (χ1n) is 8.25. The van der Waals surface area contributed by atoms with E-state index in [2.05, 4.69) is 4.90 Å². The van der Waals surface area contributed by atoms with Crippen LogP contribution in [0.1, 0.15) is 31.1 Å². The number of benzene rings is 1. The Hall–Kier alpha value is -1.66. The average Bonchev–Trinajstić information content (AvgIpc) is 2.54. The molecule has 1 aromatic carbocycles. The standard InChI is InChI=1S/C18H27FN2O3/c1-18(2,3)16(22)12-20-7-9-21(10-8-20)17(23)14-6-5-13(24-4)11-15(14)19/h5-6,11,16,22H,7-10,12H2,1-4H3/t16-/m1/s1. The third kappa shape index (κ3) is 4.45. The molecule has 5 nitrogen and oxygen atoms in total. The van der Waals surface area contributed by atoms with Crippen LogP contribution in [0.3, 0.4) is 0 Å². The molecule has 6 heteroatoms. The van der Waals surface area contributed by atoms with Gasteiger partial charge in [0, 0.05) is 38.8 Å². The summed E-state index contributed by atoms with van der Waals surface area (Å²) in [6.45, 7) is 9.01. The van der Waals surface area contributed by atoms with E-state index in [1.165, 1.54) is 19.2 Å². The van der Waals surface area contributed by atoms with E-state index in [1.807, 2.05) is 20.8 Å². The summed E-state index contributed by atoms with van der Waals surface area (Å²) in [5.74, 6) is -0.471. The molecular weight excluding hydrogens is 311 g/mol. The minimum absolute atomic E-state index is 0.0685. The highest BCUT2D eigenvalue weighted by atomic mass is 19.1. The van der Waals surface area contributed by atoms with Crippen molar-refractivity contribution >= 4 is 5.91 Å². The van der Waals surface area contributed by atoms with Gasteiger partial charge in [0.15, 0.2) is 0 Å². The monoisotopic (exact) mass is 338 g/mol. The van der Waals surface area contributed by atoms with Gasteiger partial charge in [-0.2, -0.15) is 0 Å². The van der Waals surface area contributed by atoms with Crippen molar-refractivity contribution in [1.29, 1.82) is 0 Å². The van der Waals surface area contributed by atoms with Gasteiger partial charge < -0.3 is 14.7 Å². The lowest BCUT2D eigenvalue weighted by molar-refractivity contribution is 0.0136. The van der Waals surface area contributed by atoms with Gasteiger partial charge in [0.1, 0.15) is 11.6 Å². The number of methoxy groups -OCH3 is 1. The van der Waals surface area contributed by atoms with Crippen LogP contribution in [0.25, 0.3) is 0 Å². The number of ether oxygens (including phenoxy) is 1. The molecule has 24 heavy (non-hydrogen) atoms. The Labute approximate surface area is 143 Å². The van der Waals surface area contributed by atoms with E-state index in [1.54, 1.807) is 11.0 Å². The molecule has 134 valence electrons. The lowest BCUT2D eigenvalue weighted by atomic mass is 9.89. The minimum atomic E-state index is -0.565. The van der Waals surface area contributed by atoms with Crippen LogP contribution in [0.15, 0.2) is 18.2 Å². The SMILES string of the molecule is COc1ccc(C(=O)N2CCN(C[C@@H](O)C(C)(C)C)CC2)c(F)c1. The van der Waals surface area contributed by atoms with Gasteiger partial charge in [-0.25, -0.2) is 4.39 Å². The summed E-state index contributed by atoms with van der Waals surface area (Å²) in [6.07, 6.45) is -0.418. The third-order valence-electron chi connectivity index (χ3n) is 4.50. The molecule has 0 aliphatic carbocycles. The molecule has 0 bridgehead atoms. The van der Waals surface area contributed by atoms with Crippen molar-refractivity contribution in [3.8, 4) is 5.75 Å². The third-order valence-corrected chi connectivity index (χ3v) is 4.50. The number of carbonyl (C=O) groups is 1. The van der Waals surface area contributed by atoms with Crippen LogP contribution in [0.4, 0.5) is 4.39 Å². The fourth-order valence-electron chi connectivity index (χ4n) is 2.62. The van der Waals surface area contributed by atoms with Crippen LogP contribution >= 0.6 is 0 Å². The Balaban J connectivity index is 1.93. The van der Waals surface area contributed by atoms with Crippen LogP contribution in [0.2, 0.25) is 0 Å². The predicted molar refractivity (Wildman–Crippen MR) is 90.8 cm³/mol. The number of nitrogens with zero attached hydrogens (tertiary/aromatic N) is 2. The number of aliphatic hydroxyl groups excluding tert-OH is 1. The molecule has 0 radical (unpaired) electrons. The van der Waals surface area contributed by atoms with Crippen LogP contribution in [-0.2, 0) is 0 Å². The van der Waals surface area contributed by atoms with E-state index in [9.17, 15) is 14.3 Å². The fourth-order valence-corrected chi connectivity index (χ4v) is 2.62. The van der Waals surface area contributed by atoms with E-state index in [4.69, 9.17) is 4.74 Å². The second kappa shape index (κ2) is 7.49. The Morgan fingerprint density at radius 1 is 1.29 bits per heavy atom. The Morgan fingerprint density at radius 2 is 1.92 bits per heavy atom. The highest BCUT2D eigenvalue weighted by Gasteiger charge is 2.28. The molecule has 2 rings (SSSR count). The predicted octanol–water partition coefficient (Wildman–Crippen LogP) is 2.00. The summed E-state index contributed by atoms with van der Waals surface area (Å²) in [4.78, 5) is 16.3. The first-order chi connectivity index (χ1) is 11.2. The average molecular weight is 338 g/mol. The number of piperazine rings is 1. The van der Waals surface area contributed by atoms with Gasteiger partial charge in [-0.15, -0.1) is 0 Å². The van der Waals surface area contributed by atoms with Gasteiger partial charge in [0.2, 0.25) is 0 Å². The van der Waals surface area contributed by atoms with Gasteiger partial charge in [-0.1, -0.05) is 20.8 Å². The summed E-state index contributed by atoms with van der Waals surface area (Å²) in [7, 11) is 1.46. The van der Waals surface area contributed by atoms with Gasteiger partial charge in [0.05, 0.1) is 18.8 Å². The molecule has 1 atom stereocenters. The van der Waals surface area contributed by atoms with Gasteiger partial charge in [-0.05, 0) is 17.5 Å². The minimum Gasteiger partial charge on any atom is -0.497 e. The number of aliphatic hydroxyl groups is 1. The molecule has 1 amide bonds. The van der Waals surface area contributed by atoms with Crippen molar-refractivity contribution in [2.45, 2.75) is 26.9 Å². The molecule has 1 aliphatic rings. The molecule has 0 unspecified atom stereocenters. The maximum absolute atomic E-state index is 14.1. The second-order valence-electron chi connectivity index (χ2n) is 7.32. The van der Waals surface area contributed by atoms with E-state index in [0.29, 0.717) is 38.5 Å². The van der Waals surface area contributed by atoms with Gasteiger partial charge in [-0.3, -0.25) is 9.69 Å². The quantitative estimate of drug-likeness (QED) is 0.912. The molecule has 0 spiro atoms. The smallest absolute Gasteiger partial charge is 0.256 e. The van der Waals surface area contributed by atoms with Crippen molar-refractivity contribution in [2.24, 2.45) is 5.41 Å². The number of rotatable bonds is 4. The maximum atomic E-state index is 14.1. The lowest BCUT2D eigenvalue weighted by Crippen LogP contribution is -2.51. The highest BCUT2D eigenvalue weighted by Crippen LogP contribution is 2.21. The Morgan fingerprint density at radius 3 is 2.42 bits per heavy atom. The number of hydrogen-bond acceptors (Lipinski definition) is 4. The largest absolute Gasteiger partial charge is 0.497 e. The summed E-state index contributed by atoms with van der Waals surface area (Å²) in [6, 6.07) is 4.28. The van der Waals surface area contributed by atoms with Gasteiger partial charge >= 0.3 is 0 Å². The van der Waals surface area contributed by atoms with Crippen molar-refractivity contribution in [3.63, 3.8) is 0 Å². The van der Waals surface area contributed by atoms with E-state index >= 15 is 0 Å². The number of hydrogen-bond donors (Lipinski definition) is 1. The zero-order valence-corrected chi connectivity index (χ0v) is 14.9.